The minimum Gasteiger partial charge on any atom is -0.398 e. The van der Waals surface area contributed by atoms with Crippen molar-refractivity contribution in [3.63, 3.8) is 0 Å². The normalized spacial score (nSPS) is 11.3. The molecule has 0 heterocycles. The lowest BCUT2D eigenvalue weighted by molar-refractivity contribution is 1.52. The van der Waals surface area contributed by atoms with Crippen LogP contribution >= 0.6 is 0 Å². The van der Waals surface area contributed by atoms with Gasteiger partial charge in [0.05, 0.1) is 0 Å². The smallest absolute Gasteiger partial charge is 0.0393 e. The second kappa shape index (κ2) is 6.10. The SMILES string of the molecule is NC(=Cc1ccc(-c2ccccc2)cc1)c1ccccc1. The molecule has 3 aromatic rings. The van der Waals surface area contributed by atoms with Crippen LogP contribution in [0.25, 0.3) is 22.9 Å². The summed E-state index contributed by atoms with van der Waals surface area (Å²) in [6.07, 6.45) is 2.00. The van der Waals surface area contributed by atoms with Crippen LogP contribution in [0, 0.1) is 0 Å². The van der Waals surface area contributed by atoms with Crippen molar-refractivity contribution in [1.29, 1.82) is 0 Å². The molecular weight excluding hydrogens is 254 g/mol. The van der Waals surface area contributed by atoms with E-state index in [0.29, 0.717) is 0 Å². The van der Waals surface area contributed by atoms with Gasteiger partial charge in [-0.2, -0.15) is 0 Å². The van der Waals surface area contributed by atoms with Crippen LogP contribution in [-0.4, -0.2) is 0 Å². The highest BCUT2D eigenvalue weighted by Crippen LogP contribution is 2.20. The van der Waals surface area contributed by atoms with Crippen LogP contribution in [0.3, 0.4) is 0 Å². The average Bonchev–Trinajstić information content (AvgIpc) is 2.57. The van der Waals surface area contributed by atoms with Crippen molar-refractivity contribution in [2.45, 2.75) is 0 Å². The van der Waals surface area contributed by atoms with Gasteiger partial charge in [-0.15, -0.1) is 0 Å². The Kier molecular flexibility index (Phi) is 3.83. The molecule has 3 aromatic carbocycles. The van der Waals surface area contributed by atoms with Gasteiger partial charge in [-0.3, -0.25) is 0 Å². The quantitative estimate of drug-likeness (QED) is 0.680. The second-order valence-corrected chi connectivity index (χ2v) is 4.95. The third-order valence-corrected chi connectivity index (χ3v) is 3.45. The van der Waals surface area contributed by atoms with Crippen molar-refractivity contribution in [2.24, 2.45) is 5.73 Å². The van der Waals surface area contributed by atoms with Gasteiger partial charge < -0.3 is 5.73 Å². The van der Waals surface area contributed by atoms with E-state index in [0.717, 1.165) is 16.8 Å². The molecule has 0 aliphatic heterocycles. The van der Waals surface area contributed by atoms with E-state index in [2.05, 4.69) is 48.5 Å². The van der Waals surface area contributed by atoms with Gasteiger partial charge in [0.1, 0.15) is 0 Å². The zero-order valence-electron chi connectivity index (χ0n) is 11.7. The summed E-state index contributed by atoms with van der Waals surface area (Å²) in [7, 11) is 0. The highest BCUT2D eigenvalue weighted by atomic mass is 14.6. The molecular formula is C20H17N. The molecule has 0 atom stereocenters. The first-order valence-corrected chi connectivity index (χ1v) is 7.01. The maximum Gasteiger partial charge on any atom is 0.0393 e. The molecule has 3 rings (SSSR count). The molecule has 0 spiro atoms. The maximum atomic E-state index is 6.14. The molecule has 0 saturated heterocycles. The van der Waals surface area contributed by atoms with E-state index in [4.69, 9.17) is 5.73 Å². The van der Waals surface area contributed by atoms with E-state index in [1.165, 1.54) is 11.1 Å². The fraction of sp³-hybridized carbons (Fsp3) is 0. The van der Waals surface area contributed by atoms with Crippen LogP contribution in [0.15, 0.2) is 84.9 Å². The van der Waals surface area contributed by atoms with Gasteiger partial charge in [-0.05, 0) is 28.3 Å². The van der Waals surface area contributed by atoms with Gasteiger partial charge in [-0.25, -0.2) is 0 Å². The number of rotatable bonds is 3. The third kappa shape index (κ3) is 3.21. The zero-order valence-corrected chi connectivity index (χ0v) is 11.7. The van der Waals surface area contributed by atoms with Crippen molar-refractivity contribution in [3.8, 4) is 11.1 Å². The second-order valence-electron chi connectivity index (χ2n) is 4.95. The van der Waals surface area contributed by atoms with Gasteiger partial charge in [0, 0.05) is 5.70 Å². The minimum absolute atomic E-state index is 0.781. The monoisotopic (exact) mass is 271 g/mol. The highest BCUT2D eigenvalue weighted by Gasteiger charge is 1.98. The van der Waals surface area contributed by atoms with Crippen LogP contribution in [0.1, 0.15) is 11.1 Å². The van der Waals surface area contributed by atoms with E-state index in [-0.39, 0.29) is 0 Å². The molecule has 102 valence electrons. The first-order valence-electron chi connectivity index (χ1n) is 7.01. The van der Waals surface area contributed by atoms with Crippen molar-refractivity contribution in [1.82, 2.24) is 0 Å². The summed E-state index contributed by atoms with van der Waals surface area (Å²) < 4.78 is 0. The van der Waals surface area contributed by atoms with Crippen molar-refractivity contribution in [2.75, 3.05) is 0 Å². The fourth-order valence-corrected chi connectivity index (χ4v) is 2.30. The van der Waals surface area contributed by atoms with Gasteiger partial charge in [0.2, 0.25) is 0 Å². The summed E-state index contributed by atoms with van der Waals surface area (Å²) in [6, 6.07) is 28.8. The molecule has 0 bridgehead atoms. The largest absolute Gasteiger partial charge is 0.398 e. The van der Waals surface area contributed by atoms with Crippen LogP contribution in [0.5, 0.6) is 0 Å². The fourth-order valence-electron chi connectivity index (χ4n) is 2.30. The molecule has 0 aliphatic rings. The zero-order chi connectivity index (χ0) is 14.5. The Morgan fingerprint density at radius 3 is 1.76 bits per heavy atom. The standard InChI is InChI=1S/C20H17N/c21-20(19-9-5-2-6-10-19)15-16-11-13-18(14-12-16)17-7-3-1-4-8-17/h1-15H,21H2. The van der Waals surface area contributed by atoms with Crippen molar-refractivity contribution in [3.05, 3.63) is 96.1 Å². The number of benzene rings is 3. The van der Waals surface area contributed by atoms with E-state index >= 15 is 0 Å². The lowest BCUT2D eigenvalue weighted by Gasteiger charge is -2.04. The summed E-state index contributed by atoms with van der Waals surface area (Å²) in [5.74, 6) is 0. The molecule has 21 heavy (non-hydrogen) atoms. The number of hydrogen-bond donors (Lipinski definition) is 1. The van der Waals surface area contributed by atoms with E-state index in [9.17, 15) is 0 Å². The van der Waals surface area contributed by atoms with E-state index in [1.807, 2.05) is 42.5 Å². The van der Waals surface area contributed by atoms with Crippen LogP contribution in [-0.2, 0) is 0 Å². The topological polar surface area (TPSA) is 26.0 Å². The first-order chi connectivity index (χ1) is 10.3. The van der Waals surface area contributed by atoms with Crippen molar-refractivity contribution < 1.29 is 0 Å². The highest BCUT2D eigenvalue weighted by molar-refractivity contribution is 5.80. The maximum absolute atomic E-state index is 6.14. The molecule has 0 amide bonds. The Labute approximate surface area is 125 Å². The van der Waals surface area contributed by atoms with Gasteiger partial charge in [0.15, 0.2) is 0 Å². The lowest BCUT2D eigenvalue weighted by atomic mass is 10.0. The summed E-state index contributed by atoms with van der Waals surface area (Å²) in [6.45, 7) is 0. The molecule has 0 saturated carbocycles. The van der Waals surface area contributed by atoms with Crippen LogP contribution in [0.2, 0.25) is 0 Å². The van der Waals surface area contributed by atoms with Gasteiger partial charge in [-0.1, -0.05) is 84.9 Å². The Morgan fingerprint density at radius 1 is 0.619 bits per heavy atom. The molecule has 0 radical (unpaired) electrons. The molecule has 1 heteroatoms. The summed E-state index contributed by atoms with van der Waals surface area (Å²) in [4.78, 5) is 0. The Hall–Kier alpha value is -2.80. The van der Waals surface area contributed by atoms with Gasteiger partial charge in [0.25, 0.3) is 0 Å². The third-order valence-electron chi connectivity index (χ3n) is 3.45. The average molecular weight is 271 g/mol. The first kappa shape index (κ1) is 13.2. The predicted octanol–water partition coefficient (Wildman–Crippen LogP) is 4.81. The van der Waals surface area contributed by atoms with Crippen LogP contribution < -0.4 is 5.73 Å². The molecule has 1 nitrogen and oxygen atoms in total. The summed E-state index contributed by atoms with van der Waals surface area (Å²) in [5, 5.41) is 0. The van der Waals surface area contributed by atoms with Crippen LogP contribution in [0.4, 0.5) is 0 Å². The van der Waals surface area contributed by atoms with Gasteiger partial charge >= 0.3 is 0 Å². The Bertz CT molecular complexity index is 726. The minimum atomic E-state index is 0.781. The molecule has 0 fully saturated rings. The van der Waals surface area contributed by atoms with E-state index in [1.54, 1.807) is 0 Å². The summed E-state index contributed by atoms with van der Waals surface area (Å²) in [5.41, 5.74) is 11.5. The molecule has 0 aliphatic carbocycles. The summed E-state index contributed by atoms with van der Waals surface area (Å²) >= 11 is 0. The van der Waals surface area contributed by atoms with Crippen molar-refractivity contribution >= 4 is 11.8 Å². The number of nitrogens with two attached hydrogens (primary N) is 1. The molecule has 2 N–H and O–H groups in total. The molecule has 0 unspecified atom stereocenters. The number of hydrogen-bond acceptors (Lipinski definition) is 1. The predicted molar refractivity (Wildman–Crippen MR) is 90.4 cm³/mol. The van der Waals surface area contributed by atoms with E-state index < -0.39 is 0 Å². The Balaban J connectivity index is 1.85. The molecule has 0 aromatic heterocycles. The lowest BCUT2D eigenvalue weighted by Crippen LogP contribution is -1.95. The Morgan fingerprint density at radius 2 is 1.14 bits per heavy atom.